The lowest BCUT2D eigenvalue weighted by Gasteiger charge is -2.35. The molecule has 3 amide bonds. The average Bonchev–Trinajstić information content (AvgIpc) is 2.91. The molecule has 0 aliphatic carbocycles. The van der Waals surface area contributed by atoms with E-state index in [-0.39, 0.29) is 31.6 Å². The van der Waals surface area contributed by atoms with E-state index in [4.69, 9.17) is 10.5 Å². The number of halogens is 1. The van der Waals surface area contributed by atoms with E-state index in [9.17, 15) is 28.9 Å². The summed E-state index contributed by atoms with van der Waals surface area (Å²) in [5, 5.41) is 13.6. The SMILES string of the molecule is NC(=O)[C@@H](Cc1ccc(F)c([N+](=O)[O-])c1)NC(=O)[C@@H]1Cc2ccccc2CN1C(=O)OCc1ccccc1. The summed E-state index contributed by atoms with van der Waals surface area (Å²) in [7, 11) is 0. The normalized spacial score (nSPS) is 15.2. The van der Waals surface area contributed by atoms with Gasteiger partial charge in [0.2, 0.25) is 17.6 Å². The summed E-state index contributed by atoms with van der Waals surface area (Å²) in [5.74, 6) is -2.56. The molecule has 1 heterocycles. The summed E-state index contributed by atoms with van der Waals surface area (Å²) >= 11 is 0. The molecule has 0 aromatic heterocycles. The lowest BCUT2D eigenvalue weighted by Crippen LogP contribution is -2.56. The molecule has 3 aromatic carbocycles. The third kappa shape index (κ3) is 6.12. The van der Waals surface area contributed by atoms with Crippen molar-refractivity contribution in [1.29, 1.82) is 0 Å². The molecule has 38 heavy (non-hydrogen) atoms. The fourth-order valence-electron chi connectivity index (χ4n) is 4.30. The van der Waals surface area contributed by atoms with Crippen molar-refractivity contribution in [2.75, 3.05) is 0 Å². The van der Waals surface area contributed by atoms with Gasteiger partial charge in [0.05, 0.1) is 11.5 Å². The van der Waals surface area contributed by atoms with E-state index in [0.29, 0.717) is 0 Å². The number of primary amides is 1. The lowest BCUT2D eigenvalue weighted by atomic mass is 9.93. The molecule has 0 saturated carbocycles. The monoisotopic (exact) mass is 520 g/mol. The largest absolute Gasteiger partial charge is 0.445 e. The van der Waals surface area contributed by atoms with Crippen molar-refractivity contribution >= 4 is 23.6 Å². The van der Waals surface area contributed by atoms with Gasteiger partial charge in [-0.05, 0) is 28.3 Å². The van der Waals surface area contributed by atoms with Gasteiger partial charge < -0.3 is 15.8 Å². The molecule has 11 heteroatoms. The van der Waals surface area contributed by atoms with E-state index < -0.39 is 46.4 Å². The number of hydrogen-bond donors (Lipinski definition) is 2. The van der Waals surface area contributed by atoms with Crippen LogP contribution in [-0.4, -0.2) is 39.8 Å². The molecule has 0 saturated heterocycles. The predicted octanol–water partition coefficient (Wildman–Crippen LogP) is 3.01. The molecular formula is C27H25FN4O6. The van der Waals surface area contributed by atoms with E-state index in [0.717, 1.165) is 28.8 Å². The van der Waals surface area contributed by atoms with E-state index in [2.05, 4.69) is 5.32 Å². The molecule has 0 spiro atoms. The summed E-state index contributed by atoms with van der Waals surface area (Å²) in [6, 6.07) is 17.4. The number of carbonyl (C=O) groups excluding carboxylic acids is 3. The van der Waals surface area contributed by atoms with Crippen molar-refractivity contribution in [3.8, 4) is 0 Å². The number of benzene rings is 3. The molecule has 4 rings (SSSR count). The summed E-state index contributed by atoms with van der Waals surface area (Å²) in [4.78, 5) is 50.1. The Labute approximate surface area is 217 Å². The molecule has 0 fully saturated rings. The summed E-state index contributed by atoms with van der Waals surface area (Å²) < 4.78 is 19.2. The molecule has 0 bridgehead atoms. The van der Waals surface area contributed by atoms with Crippen LogP contribution < -0.4 is 11.1 Å². The Morgan fingerprint density at radius 3 is 2.42 bits per heavy atom. The number of nitrogens with one attached hydrogen (secondary N) is 1. The smallest absolute Gasteiger partial charge is 0.411 e. The summed E-state index contributed by atoms with van der Waals surface area (Å²) in [6.07, 6.45) is -0.729. The number of nitrogens with zero attached hydrogens (tertiary/aromatic N) is 2. The minimum absolute atomic E-state index is 0.0133. The maximum atomic E-state index is 13.7. The Kier molecular flexibility index (Phi) is 7.95. The molecule has 1 aliphatic heterocycles. The second-order valence-electron chi connectivity index (χ2n) is 8.87. The van der Waals surface area contributed by atoms with Crippen LogP contribution in [0.25, 0.3) is 0 Å². The highest BCUT2D eigenvalue weighted by Gasteiger charge is 2.37. The second-order valence-corrected chi connectivity index (χ2v) is 8.87. The fourth-order valence-corrected chi connectivity index (χ4v) is 4.30. The molecule has 196 valence electrons. The van der Waals surface area contributed by atoms with E-state index in [1.807, 2.05) is 42.5 Å². The molecule has 0 radical (unpaired) electrons. The van der Waals surface area contributed by atoms with Crippen LogP contribution in [-0.2, 0) is 40.3 Å². The standard InChI is InChI=1S/C27H25FN4O6/c28-21-11-10-18(13-23(21)32(36)37)12-22(25(29)33)30-26(34)24-14-19-8-4-5-9-20(19)15-31(24)27(35)38-16-17-6-2-1-3-7-17/h1-11,13,22,24H,12,14-16H2,(H2,29,33)(H,30,34)/t22-,24+/m1/s1. The van der Waals surface area contributed by atoms with Crippen LogP contribution in [0.5, 0.6) is 0 Å². The van der Waals surface area contributed by atoms with Crippen molar-refractivity contribution in [2.45, 2.75) is 38.1 Å². The van der Waals surface area contributed by atoms with Gasteiger partial charge in [-0.2, -0.15) is 4.39 Å². The topological polar surface area (TPSA) is 145 Å². The zero-order valence-corrected chi connectivity index (χ0v) is 20.2. The van der Waals surface area contributed by atoms with Crippen molar-refractivity contribution in [2.24, 2.45) is 5.73 Å². The Morgan fingerprint density at radius 2 is 1.74 bits per heavy atom. The van der Waals surface area contributed by atoms with E-state index in [1.54, 1.807) is 12.1 Å². The van der Waals surface area contributed by atoms with E-state index in [1.165, 1.54) is 11.0 Å². The zero-order chi connectivity index (χ0) is 27.2. The van der Waals surface area contributed by atoms with Crippen molar-refractivity contribution in [3.05, 3.63) is 111 Å². The van der Waals surface area contributed by atoms with Crippen LogP contribution in [0.4, 0.5) is 14.9 Å². The van der Waals surface area contributed by atoms with E-state index >= 15 is 0 Å². The Bertz CT molecular complexity index is 1370. The van der Waals surface area contributed by atoms with Gasteiger partial charge >= 0.3 is 11.8 Å². The lowest BCUT2D eigenvalue weighted by molar-refractivity contribution is -0.387. The zero-order valence-electron chi connectivity index (χ0n) is 20.2. The highest BCUT2D eigenvalue weighted by Crippen LogP contribution is 2.25. The van der Waals surface area contributed by atoms with Gasteiger partial charge in [0.25, 0.3) is 0 Å². The average molecular weight is 521 g/mol. The van der Waals surface area contributed by atoms with Gasteiger partial charge in [-0.3, -0.25) is 24.6 Å². The number of ether oxygens (including phenoxy) is 1. The highest BCUT2D eigenvalue weighted by atomic mass is 19.1. The highest BCUT2D eigenvalue weighted by molar-refractivity contribution is 5.91. The van der Waals surface area contributed by atoms with Gasteiger partial charge in [0, 0.05) is 18.9 Å². The third-order valence-electron chi connectivity index (χ3n) is 6.30. The number of carbonyl (C=O) groups is 3. The second kappa shape index (κ2) is 11.5. The first-order chi connectivity index (χ1) is 18.2. The van der Waals surface area contributed by atoms with Gasteiger partial charge in [0.15, 0.2) is 0 Å². The molecule has 3 N–H and O–H groups in total. The van der Waals surface area contributed by atoms with Crippen molar-refractivity contribution in [1.82, 2.24) is 10.2 Å². The maximum absolute atomic E-state index is 13.7. The summed E-state index contributed by atoms with van der Waals surface area (Å²) in [6.45, 7) is 0.132. The van der Waals surface area contributed by atoms with Gasteiger partial charge in [0.1, 0.15) is 18.7 Å². The fraction of sp³-hybridized carbons (Fsp3) is 0.222. The Hall–Kier alpha value is -4.80. The van der Waals surface area contributed by atoms with Crippen LogP contribution in [0.1, 0.15) is 22.3 Å². The van der Waals surface area contributed by atoms with Crippen LogP contribution in [0, 0.1) is 15.9 Å². The molecule has 10 nitrogen and oxygen atoms in total. The predicted molar refractivity (Wildman–Crippen MR) is 134 cm³/mol. The molecule has 3 aromatic rings. The number of rotatable bonds is 8. The van der Waals surface area contributed by atoms with Gasteiger partial charge in [-0.25, -0.2) is 4.79 Å². The number of amides is 3. The number of fused-ring (bicyclic) bond motifs is 1. The van der Waals surface area contributed by atoms with Crippen molar-refractivity contribution in [3.63, 3.8) is 0 Å². The number of nitro benzene ring substituents is 1. The molecule has 2 atom stereocenters. The number of nitro groups is 1. The first kappa shape index (κ1) is 26.3. The van der Waals surface area contributed by atoms with Crippen LogP contribution in [0.15, 0.2) is 72.8 Å². The van der Waals surface area contributed by atoms with Gasteiger partial charge in [-0.1, -0.05) is 60.7 Å². The van der Waals surface area contributed by atoms with Crippen LogP contribution >= 0.6 is 0 Å². The Morgan fingerprint density at radius 1 is 1.05 bits per heavy atom. The first-order valence-corrected chi connectivity index (χ1v) is 11.8. The quantitative estimate of drug-likeness (QED) is 0.345. The maximum Gasteiger partial charge on any atom is 0.411 e. The number of nitrogens with two attached hydrogens (primary N) is 1. The van der Waals surface area contributed by atoms with Crippen LogP contribution in [0.2, 0.25) is 0 Å². The molecule has 1 aliphatic rings. The summed E-state index contributed by atoms with van der Waals surface area (Å²) in [5.41, 5.74) is 7.49. The molecule has 0 unspecified atom stereocenters. The molecular weight excluding hydrogens is 495 g/mol. The minimum atomic E-state index is -1.26. The first-order valence-electron chi connectivity index (χ1n) is 11.8. The van der Waals surface area contributed by atoms with Crippen LogP contribution in [0.3, 0.4) is 0 Å². The minimum Gasteiger partial charge on any atom is -0.445 e. The van der Waals surface area contributed by atoms with Crippen molar-refractivity contribution < 1.29 is 28.4 Å². The Balaban J connectivity index is 1.53. The van der Waals surface area contributed by atoms with Gasteiger partial charge in [-0.15, -0.1) is 0 Å². The number of hydrogen-bond acceptors (Lipinski definition) is 6. The third-order valence-corrected chi connectivity index (χ3v) is 6.30.